The summed E-state index contributed by atoms with van der Waals surface area (Å²) in [6, 6.07) is 7.55. The minimum absolute atomic E-state index is 0.164. The van der Waals surface area contributed by atoms with Crippen molar-refractivity contribution >= 4 is 17.7 Å². The first-order chi connectivity index (χ1) is 14.8. The molecule has 1 N–H and O–H groups in total. The van der Waals surface area contributed by atoms with Crippen molar-refractivity contribution in [2.24, 2.45) is 5.92 Å². The third-order valence-electron chi connectivity index (χ3n) is 5.28. The fourth-order valence-corrected chi connectivity index (χ4v) is 3.45. The summed E-state index contributed by atoms with van der Waals surface area (Å²) in [4.78, 5) is 25.4. The van der Waals surface area contributed by atoms with Crippen LogP contribution in [0, 0.1) is 5.92 Å². The highest BCUT2D eigenvalue weighted by Gasteiger charge is 2.33. The summed E-state index contributed by atoms with van der Waals surface area (Å²) in [5.41, 5.74) is 1.46. The van der Waals surface area contributed by atoms with Crippen molar-refractivity contribution in [3.05, 3.63) is 24.3 Å². The van der Waals surface area contributed by atoms with Gasteiger partial charge in [0.2, 0.25) is 5.91 Å². The van der Waals surface area contributed by atoms with E-state index in [1.165, 1.54) is 4.90 Å². The van der Waals surface area contributed by atoms with Gasteiger partial charge in [-0.25, -0.2) is 9.48 Å². The number of nitrogens with one attached hydrogen (secondary N) is 1. The van der Waals surface area contributed by atoms with Crippen molar-refractivity contribution in [2.75, 3.05) is 25.0 Å². The number of carbonyl (C=O) groups excluding carboxylic acids is 2. The number of rotatable bonds is 5. The van der Waals surface area contributed by atoms with E-state index in [0.717, 1.165) is 18.4 Å². The summed E-state index contributed by atoms with van der Waals surface area (Å²) in [5, 5.41) is 14.7. The van der Waals surface area contributed by atoms with Crippen LogP contribution in [-0.4, -0.2) is 63.0 Å². The standard InChI is InChI=1S/C19H21F3N6O3/c20-19(21,22)11-31-18(30)27-9-7-13(8-10-27)17(29)23-14-3-1-12(2-4-14)16-24-25-26-28(16)15-5-6-15/h1-4,13,15H,5-11H2,(H,23,29). The van der Waals surface area contributed by atoms with E-state index in [0.29, 0.717) is 30.4 Å². The van der Waals surface area contributed by atoms with E-state index in [2.05, 4.69) is 25.6 Å². The average Bonchev–Trinajstić information content (AvgIpc) is 3.48. The van der Waals surface area contributed by atoms with Crippen molar-refractivity contribution in [1.82, 2.24) is 25.1 Å². The maximum absolute atomic E-state index is 12.5. The van der Waals surface area contributed by atoms with Crippen LogP contribution in [0.2, 0.25) is 0 Å². The number of amides is 2. The second-order valence-corrected chi connectivity index (χ2v) is 7.68. The highest BCUT2D eigenvalue weighted by atomic mass is 19.4. The van der Waals surface area contributed by atoms with Gasteiger partial charge in [-0.15, -0.1) is 5.10 Å². The number of halogens is 3. The van der Waals surface area contributed by atoms with Gasteiger partial charge in [-0.3, -0.25) is 4.79 Å². The third kappa shape index (κ3) is 5.30. The van der Waals surface area contributed by atoms with E-state index in [4.69, 9.17) is 0 Å². The van der Waals surface area contributed by atoms with Gasteiger partial charge in [-0.2, -0.15) is 13.2 Å². The van der Waals surface area contributed by atoms with Crippen LogP contribution in [0.25, 0.3) is 11.4 Å². The molecule has 1 saturated heterocycles. The van der Waals surface area contributed by atoms with Gasteiger partial charge in [0.25, 0.3) is 0 Å². The summed E-state index contributed by atoms with van der Waals surface area (Å²) in [6.07, 6.45) is -2.76. The molecule has 2 aromatic rings. The zero-order chi connectivity index (χ0) is 22.0. The molecular weight excluding hydrogens is 417 g/mol. The van der Waals surface area contributed by atoms with Crippen LogP contribution in [0.15, 0.2) is 24.3 Å². The van der Waals surface area contributed by atoms with Gasteiger partial charge in [0.05, 0.1) is 6.04 Å². The SMILES string of the molecule is O=C(Nc1ccc(-c2nnnn2C2CC2)cc1)C1CCN(C(=O)OCC(F)(F)F)CC1. The van der Waals surface area contributed by atoms with E-state index in [1.54, 1.807) is 16.8 Å². The Morgan fingerprint density at radius 1 is 1.10 bits per heavy atom. The van der Waals surface area contributed by atoms with Crippen LogP contribution in [0.3, 0.4) is 0 Å². The van der Waals surface area contributed by atoms with Gasteiger partial charge >= 0.3 is 12.3 Å². The molecule has 0 bridgehead atoms. The van der Waals surface area contributed by atoms with Crippen LogP contribution < -0.4 is 5.32 Å². The summed E-state index contributed by atoms with van der Waals surface area (Å²) in [6.45, 7) is -1.29. The lowest BCUT2D eigenvalue weighted by molar-refractivity contribution is -0.162. The van der Waals surface area contributed by atoms with Crippen molar-refractivity contribution < 1.29 is 27.5 Å². The Morgan fingerprint density at radius 2 is 1.77 bits per heavy atom. The number of likely N-dealkylation sites (tertiary alicyclic amines) is 1. The molecule has 2 fully saturated rings. The van der Waals surface area contributed by atoms with E-state index in [9.17, 15) is 22.8 Å². The lowest BCUT2D eigenvalue weighted by Gasteiger charge is -2.30. The number of hydrogen-bond donors (Lipinski definition) is 1. The molecule has 31 heavy (non-hydrogen) atoms. The maximum Gasteiger partial charge on any atom is 0.422 e. The van der Waals surface area contributed by atoms with E-state index in [1.807, 2.05) is 12.1 Å². The summed E-state index contributed by atoms with van der Waals surface area (Å²) in [5.74, 6) is 0.150. The smallest absolute Gasteiger partial charge is 0.422 e. The molecule has 2 heterocycles. The van der Waals surface area contributed by atoms with Gasteiger partial charge < -0.3 is 15.0 Å². The molecular formula is C19H21F3N6O3. The fraction of sp³-hybridized carbons (Fsp3) is 0.526. The predicted molar refractivity (Wildman–Crippen MR) is 102 cm³/mol. The first-order valence-electron chi connectivity index (χ1n) is 9.98. The number of tetrazole rings is 1. The lowest BCUT2D eigenvalue weighted by atomic mass is 9.96. The van der Waals surface area contributed by atoms with Crippen molar-refractivity contribution in [3.8, 4) is 11.4 Å². The lowest BCUT2D eigenvalue weighted by Crippen LogP contribution is -2.42. The number of hydrogen-bond acceptors (Lipinski definition) is 6. The van der Waals surface area contributed by atoms with Crippen LogP contribution in [0.1, 0.15) is 31.7 Å². The highest BCUT2D eigenvalue weighted by molar-refractivity contribution is 5.92. The molecule has 1 aliphatic heterocycles. The van der Waals surface area contributed by atoms with Gasteiger partial charge in [-0.05, 0) is 60.4 Å². The Balaban J connectivity index is 1.27. The minimum atomic E-state index is -4.56. The minimum Gasteiger partial charge on any atom is -0.440 e. The number of benzene rings is 1. The molecule has 1 aromatic carbocycles. The molecule has 9 nitrogen and oxygen atoms in total. The number of anilines is 1. The Hall–Kier alpha value is -3.18. The largest absolute Gasteiger partial charge is 0.440 e. The van der Waals surface area contributed by atoms with Gasteiger partial charge in [0, 0.05) is 30.3 Å². The molecule has 12 heteroatoms. The van der Waals surface area contributed by atoms with Crippen LogP contribution in [0.5, 0.6) is 0 Å². The van der Waals surface area contributed by atoms with Gasteiger partial charge in [0.1, 0.15) is 0 Å². The first kappa shape index (κ1) is 21.1. The molecule has 166 valence electrons. The molecule has 4 rings (SSSR count). The Morgan fingerprint density at radius 3 is 2.39 bits per heavy atom. The average molecular weight is 438 g/mol. The van der Waals surface area contributed by atoms with Crippen molar-refractivity contribution in [2.45, 2.75) is 37.9 Å². The molecule has 0 atom stereocenters. The molecule has 0 unspecified atom stereocenters. The maximum atomic E-state index is 12.5. The van der Waals surface area contributed by atoms with E-state index in [-0.39, 0.29) is 24.9 Å². The Labute approximate surface area is 175 Å². The molecule has 1 aliphatic carbocycles. The van der Waals surface area contributed by atoms with Gasteiger partial charge in [0.15, 0.2) is 12.4 Å². The molecule has 1 aromatic heterocycles. The molecule has 2 aliphatic rings. The van der Waals surface area contributed by atoms with Crippen LogP contribution in [0.4, 0.5) is 23.7 Å². The molecule has 2 amide bonds. The molecule has 0 spiro atoms. The topological polar surface area (TPSA) is 102 Å². The predicted octanol–water partition coefficient (Wildman–Crippen LogP) is 3.02. The summed E-state index contributed by atoms with van der Waals surface area (Å²) in [7, 11) is 0. The van der Waals surface area contributed by atoms with Crippen molar-refractivity contribution in [1.29, 1.82) is 0 Å². The second kappa shape index (κ2) is 8.52. The summed E-state index contributed by atoms with van der Waals surface area (Å²) >= 11 is 0. The highest BCUT2D eigenvalue weighted by Crippen LogP contribution is 2.36. The zero-order valence-corrected chi connectivity index (χ0v) is 16.5. The number of aromatic nitrogens is 4. The quantitative estimate of drug-likeness (QED) is 0.770. The Kier molecular flexibility index (Phi) is 5.79. The monoisotopic (exact) mass is 438 g/mol. The summed E-state index contributed by atoms with van der Waals surface area (Å²) < 4.78 is 42.5. The van der Waals surface area contributed by atoms with Crippen molar-refractivity contribution in [3.63, 3.8) is 0 Å². The van der Waals surface area contributed by atoms with E-state index >= 15 is 0 Å². The van der Waals surface area contributed by atoms with Crippen LogP contribution >= 0.6 is 0 Å². The Bertz CT molecular complexity index is 934. The molecule has 1 saturated carbocycles. The molecule has 0 radical (unpaired) electrons. The number of alkyl halides is 3. The normalized spacial score (nSPS) is 17.5. The first-order valence-corrected chi connectivity index (χ1v) is 9.98. The fourth-order valence-electron chi connectivity index (χ4n) is 3.45. The number of nitrogens with zero attached hydrogens (tertiary/aromatic N) is 5. The third-order valence-corrected chi connectivity index (χ3v) is 5.28. The van der Waals surface area contributed by atoms with Crippen LogP contribution in [-0.2, 0) is 9.53 Å². The number of piperidine rings is 1. The van der Waals surface area contributed by atoms with Gasteiger partial charge in [-0.1, -0.05) is 0 Å². The number of carbonyl (C=O) groups is 2. The second-order valence-electron chi connectivity index (χ2n) is 7.68. The van der Waals surface area contributed by atoms with E-state index < -0.39 is 18.9 Å². The number of ether oxygens (including phenoxy) is 1. The zero-order valence-electron chi connectivity index (χ0n) is 16.5.